The molecule has 1 atom stereocenters. The summed E-state index contributed by atoms with van der Waals surface area (Å²) >= 11 is 23.3. The fourth-order valence-electron chi connectivity index (χ4n) is 1.17. The van der Waals surface area contributed by atoms with E-state index in [1.807, 2.05) is 0 Å². The fourth-order valence-corrected chi connectivity index (χ4v) is 1.62. The van der Waals surface area contributed by atoms with Crippen molar-refractivity contribution in [1.82, 2.24) is 10.2 Å². The first-order chi connectivity index (χ1) is 8.70. The first-order valence-electron chi connectivity index (χ1n) is 5.27. The van der Waals surface area contributed by atoms with Crippen LogP contribution in [0.2, 0.25) is 5.02 Å². The van der Waals surface area contributed by atoms with Crippen molar-refractivity contribution in [2.45, 2.75) is 9.96 Å². The van der Waals surface area contributed by atoms with Crippen LogP contribution in [0, 0.1) is 0 Å². The van der Waals surface area contributed by atoms with Gasteiger partial charge in [0, 0.05) is 24.8 Å². The third-order valence-corrected chi connectivity index (χ3v) is 3.06. The molecule has 0 heterocycles. The van der Waals surface area contributed by atoms with Gasteiger partial charge < -0.3 is 15.5 Å². The lowest BCUT2D eigenvalue weighted by Crippen LogP contribution is -2.52. The fraction of sp³-hybridized carbons (Fsp3) is 0.364. The molecule has 0 bridgehead atoms. The van der Waals surface area contributed by atoms with Gasteiger partial charge in [0.1, 0.15) is 6.17 Å². The number of halogens is 4. The number of hydrogen-bond donors (Lipinski definition) is 2. The van der Waals surface area contributed by atoms with E-state index in [2.05, 4.69) is 10.6 Å². The molecule has 1 aromatic carbocycles. The van der Waals surface area contributed by atoms with Gasteiger partial charge in [0.25, 0.3) is 0 Å². The van der Waals surface area contributed by atoms with E-state index in [-0.39, 0.29) is 6.03 Å². The molecule has 0 spiro atoms. The number of carbonyl (C=O) groups excluding carboxylic acids is 1. The van der Waals surface area contributed by atoms with Crippen molar-refractivity contribution in [2.24, 2.45) is 0 Å². The summed E-state index contributed by atoms with van der Waals surface area (Å²) in [5.74, 6) is 0. The predicted octanol–water partition coefficient (Wildman–Crippen LogP) is 3.72. The molecule has 8 heteroatoms. The van der Waals surface area contributed by atoms with Crippen molar-refractivity contribution in [1.29, 1.82) is 0 Å². The minimum Gasteiger partial charge on any atom is -0.362 e. The Kier molecular flexibility index (Phi) is 5.86. The van der Waals surface area contributed by atoms with Crippen LogP contribution >= 0.6 is 46.4 Å². The number of carbonyl (C=O) groups is 1. The Bertz CT molecular complexity index is 431. The van der Waals surface area contributed by atoms with Crippen LogP contribution in [0.1, 0.15) is 0 Å². The molecular weight excluding hydrogens is 332 g/mol. The van der Waals surface area contributed by atoms with Gasteiger partial charge in [-0.1, -0.05) is 46.4 Å². The maximum atomic E-state index is 11.6. The number of benzene rings is 1. The molecule has 0 fully saturated rings. The van der Waals surface area contributed by atoms with E-state index >= 15 is 0 Å². The summed E-state index contributed by atoms with van der Waals surface area (Å²) in [5, 5.41) is 6.08. The van der Waals surface area contributed by atoms with Crippen molar-refractivity contribution in [3.63, 3.8) is 0 Å². The molecule has 0 aliphatic rings. The second-order valence-corrected chi connectivity index (χ2v) is 6.78. The summed E-state index contributed by atoms with van der Waals surface area (Å²) in [4.78, 5) is 13.0. The largest absolute Gasteiger partial charge is 0.362 e. The molecule has 2 N–H and O–H groups in total. The summed E-state index contributed by atoms with van der Waals surface area (Å²) in [6.07, 6.45) is -0.881. The minimum atomic E-state index is -1.70. The van der Waals surface area contributed by atoms with Gasteiger partial charge in [-0.25, -0.2) is 4.79 Å². The van der Waals surface area contributed by atoms with E-state index in [4.69, 9.17) is 46.4 Å². The van der Waals surface area contributed by atoms with Gasteiger partial charge in [-0.2, -0.15) is 0 Å². The minimum absolute atomic E-state index is 0.377. The second-order valence-electron chi connectivity index (χ2n) is 3.97. The smallest absolute Gasteiger partial charge is 0.318 e. The van der Waals surface area contributed by atoms with Crippen molar-refractivity contribution in [3.05, 3.63) is 29.3 Å². The number of alkyl halides is 3. The van der Waals surface area contributed by atoms with Crippen molar-refractivity contribution < 1.29 is 4.79 Å². The van der Waals surface area contributed by atoms with Gasteiger partial charge in [-0.15, -0.1) is 0 Å². The Labute approximate surface area is 131 Å². The number of amides is 2. The zero-order valence-electron chi connectivity index (χ0n) is 10.3. The summed E-state index contributed by atoms with van der Waals surface area (Å²) in [6, 6.07) is 6.43. The Morgan fingerprint density at radius 2 is 1.74 bits per heavy atom. The van der Waals surface area contributed by atoms with E-state index in [9.17, 15) is 4.79 Å². The highest BCUT2D eigenvalue weighted by Crippen LogP contribution is 2.31. The van der Waals surface area contributed by atoms with E-state index < -0.39 is 9.96 Å². The predicted molar refractivity (Wildman–Crippen MR) is 81.4 cm³/mol. The van der Waals surface area contributed by atoms with Crippen LogP contribution in [0.3, 0.4) is 0 Å². The normalized spacial score (nSPS) is 12.7. The molecule has 0 radical (unpaired) electrons. The zero-order valence-corrected chi connectivity index (χ0v) is 13.3. The van der Waals surface area contributed by atoms with Gasteiger partial charge in [0.2, 0.25) is 3.79 Å². The quantitative estimate of drug-likeness (QED) is 0.648. The summed E-state index contributed by atoms with van der Waals surface area (Å²) in [7, 11) is 3.18. The average molecular weight is 345 g/mol. The molecule has 2 amide bonds. The third kappa shape index (κ3) is 5.53. The van der Waals surface area contributed by atoms with E-state index in [0.29, 0.717) is 10.7 Å². The van der Waals surface area contributed by atoms with Crippen LogP contribution in [0.15, 0.2) is 24.3 Å². The molecule has 19 heavy (non-hydrogen) atoms. The number of anilines is 1. The molecule has 0 aromatic heterocycles. The molecule has 0 saturated heterocycles. The summed E-state index contributed by atoms with van der Waals surface area (Å²) in [5.41, 5.74) is 0.666. The van der Waals surface area contributed by atoms with Crippen molar-refractivity contribution in [2.75, 3.05) is 19.4 Å². The van der Waals surface area contributed by atoms with Gasteiger partial charge in [-0.05, 0) is 24.3 Å². The monoisotopic (exact) mass is 343 g/mol. The first kappa shape index (κ1) is 16.5. The Morgan fingerprint density at radius 3 is 2.16 bits per heavy atom. The van der Waals surface area contributed by atoms with Gasteiger partial charge in [-0.3, -0.25) is 0 Å². The van der Waals surface area contributed by atoms with Crippen LogP contribution < -0.4 is 10.6 Å². The molecule has 1 aromatic rings. The second kappa shape index (κ2) is 6.75. The van der Waals surface area contributed by atoms with E-state index in [0.717, 1.165) is 0 Å². The summed E-state index contributed by atoms with van der Waals surface area (Å²) < 4.78 is -1.70. The maximum absolute atomic E-state index is 11.6. The lowest BCUT2D eigenvalue weighted by molar-refractivity contribution is 0.214. The molecule has 4 nitrogen and oxygen atoms in total. The van der Waals surface area contributed by atoms with E-state index in [1.165, 1.54) is 4.90 Å². The van der Waals surface area contributed by atoms with Gasteiger partial charge in [0.15, 0.2) is 0 Å². The Morgan fingerprint density at radius 1 is 1.21 bits per heavy atom. The van der Waals surface area contributed by atoms with Crippen molar-refractivity contribution in [3.8, 4) is 0 Å². The number of rotatable bonds is 3. The average Bonchev–Trinajstić information content (AvgIpc) is 2.29. The molecule has 106 valence electrons. The van der Waals surface area contributed by atoms with E-state index in [1.54, 1.807) is 38.4 Å². The summed E-state index contributed by atoms with van der Waals surface area (Å²) in [6.45, 7) is 0. The number of urea groups is 1. The molecule has 1 unspecified atom stereocenters. The lowest BCUT2D eigenvalue weighted by atomic mass is 10.3. The highest BCUT2D eigenvalue weighted by molar-refractivity contribution is 6.68. The Balaban J connectivity index is 2.81. The topological polar surface area (TPSA) is 44.4 Å². The zero-order chi connectivity index (χ0) is 14.6. The molecule has 0 saturated carbocycles. The maximum Gasteiger partial charge on any atom is 0.318 e. The Hall–Kier alpha value is -0.550. The van der Waals surface area contributed by atoms with Crippen LogP contribution in [-0.4, -0.2) is 35.0 Å². The molecule has 0 aliphatic heterocycles. The van der Waals surface area contributed by atoms with Gasteiger partial charge >= 0.3 is 6.03 Å². The highest BCUT2D eigenvalue weighted by atomic mass is 35.6. The highest BCUT2D eigenvalue weighted by Gasteiger charge is 2.34. The van der Waals surface area contributed by atoms with Crippen LogP contribution in [0.4, 0.5) is 10.5 Å². The van der Waals surface area contributed by atoms with Crippen LogP contribution in [0.5, 0.6) is 0 Å². The molecule has 1 rings (SSSR count). The first-order valence-corrected chi connectivity index (χ1v) is 6.78. The number of nitrogens with zero attached hydrogens (tertiary/aromatic N) is 1. The standard InChI is InChI=1S/C11H13Cl4N3O/c1-18(2)10(19)17-9(11(13,14)15)16-8-5-3-7(12)4-6-8/h3-6,9,16H,1-2H3,(H,17,19). The number of nitrogens with one attached hydrogen (secondary N) is 2. The third-order valence-electron chi connectivity index (χ3n) is 2.16. The lowest BCUT2D eigenvalue weighted by Gasteiger charge is -2.28. The van der Waals surface area contributed by atoms with Gasteiger partial charge in [0.05, 0.1) is 0 Å². The van der Waals surface area contributed by atoms with Crippen molar-refractivity contribution >= 4 is 58.1 Å². The molecular formula is C11H13Cl4N3O. The SMILES string of the molecule is CN(C)C(=O)NC(Nc1ccc(Cl)cc1)C(Cl)(Cl)Cl. The van der Waals surface area contributed by atoms with Crippen LogP contribution in [0.25, 0.3) is 0 Å². The molecule has 0 aliphatic carbocycles. The number of hydrogen-bond acceptors (Lipinski definition) is 2. The van der Waals surface area contributed by atoms with Crippen LogP contribution in [-0.2, 0) is 0 Å².